The highest BCUT2D eigenvalue weighted by Crippen LogP contribution is 2.17. The molecule has 1 heterocycles. The van der Waals surface area contributed by atoms with Crippen LogP contribution in [0.15, 0.2) is 0 Å². The standard InChI is InChI=1S/C12H24N2O2/c1-10-5-4-6-14(8-10)11(2)7-13-12(15)9-16-3/h10-11H,4-9H2,1-3H3,(H,13,15)/t10-,11-/m0/s1. The zero-order valence-corrected chi connectivity index (χ0v) is 10.7. The Kier molecular flexibility index (Phi) is 5.77. The van der Waals surface area contributed by atoms with E-state index in [0.717, 1.165) is 25.6 Å². The van der Waals surface area contributed by atoms with Gasteiger partial charge in [0.2, 0.25) is 5.91 Å². The van der Waals surface area contributed by atoms with Crippen LogP contribution >= 0.6 is 0 Å². The number of rotatable bonds is 5. The van der Waals surface area contributed by atoms with Crippen molar-refractivity contribution < 1.29 is 9.53 Å². The van der Waals surface area contributed by atoms with E-state index in [-0.39, 0.29) is 12.5 Å². The van der Waals surface area contributed by atoms with Gasteiger partial charge in [0.1, 0.15) is 6.61 Å². The molecule has 0 aromatic heterocycles. The summed E-state index contributed by atoms with van der Waals surface area (Å²) in [6.07, 6.45) is 2.61. The minimum atomic E-state index is -0.0283. The lowest BCUT2D eigenvalue weighted by atomic mass is 9.99. The molecule has 4 heteroatoms. The van der Waals surface area contributed by atoms with Gasteiger partial charge in [0.15, 0.2) is 0 Å². The maximum atomic E-state index is 11.2. The van der Waals surface area contributed by atoms with Crippen LogP contribution in [0.25, 0.3) is 0 Å². The molecule has 0 unspecified atom stereocenters. The number of ether oxygens (including phenoxy) is 1. The number of methoxy groups -OCH3 is 1. The summed E-state index contributed by atoms with van der Waals surface area (Å²) >= 11 is 0. The predicted molar refractivity (Wildman–Crippen MR) is 64.3 cm³/mol. The van der Waals surface area contributed by atoms with Crippen molar-refractivity contribution in [3.05, 3.63) is 0 Å². The van der Waals surface area contributed by atoms with Crippen molar-refractivity contribution in [1.29, 1.82) is 0 Å². The van der Waals surface area contributed by atoms with E-state index in [2.05, 4.69) is 24.1 Å². The molecule has 0 radical (unpaired) electrons. The Hall–Kier alpha value is -0.610. The molecule has 0 aliphatic carbocycles. The van der Waals surface area contributed by atoms with Gasteiger partial charge in [-0.1, -0.05) is 6.92 Å². The molecule has 1 rings (SSSR count). The summed E-state index contributed by atoms with van der Waals surface area (Å²) in [5, 5.41) is 2.89. The first-order valence-corrected chi connectivity index (χ1v) is 6.13. The molecule has 1 amide bonds. The smallest absolute Gasteiger partial charge is 0.246 e. The topological polar surface area (TPSA) is 41.6 Å². The summed E-state index contributed by atoms with van der Waals surface area (Å²) in [5.41, 5.74) is 0. The van der Waals surface area contributed by atoms with Crippen molar-refractivity contribution in [1.82, 2.24) is 10.2 Å². The van der Waals surface area contributed by atoms with Crippen LogP contribution in [0.4, 0.5) is 0 Å². The van der Waals surface area contributed by atoms with Crippen LogP contribution < -0.4 is 5.32 Å². The van der Waals surface area contributed by atoms with Crippen LogP contribution in [0.2, 0.25) is 0 Å². The van der Waals surface area contributed by atoms with Crippen molar-refractivity contribution in [3.8, 4) is 0 Å². The van der Waals surface area contributed by atoms with Gasteiger partial charge in [-0.05, 0) is 32.2 Å². The molecule has 1 saturated heterocycles. The molecule has 0 saturated carbocycles. The molecule has 0 aromatic rings. The highest BCUT2D eigenvalue weighted by atomic mass is 16.5. The van der Waals surface area contributed by atoms with Gasteiger partial charge in [-0.3, -0.25) is 9.69 Å². The van der Waals surface area contributed by atoms with Gasteiger partial charge in [-0.2, -0.15) is 0 Å². The van der Waals surface area contributed by atoms with E-state index in [4.69, 9.17) is 4.74 Å². The lowest BCUT2D eigenvalue weighted by molar-refractivity contribution is -0.125. The van der Waals surface area contributed by atoms with Gasteiger partial charge in [0, 0.05) is 26.2 Å². The predicted octanol–water partition coefficient (Wildman–Crippen LogP) is 0.869. The first-order valence-electron chi connectivity index (χ1n) is 6.13. The highest BCUT2D eigenvalue weighted by molar-refractivity contribution is 5.77. The van der Waals surface area contributed by atoms with Gasteiger partial charge in [0.25, 0.3) is 0 Å². The molecule has 16 heavy (non-hydrogen) atoms. The second-order valence-corrected chi connectivity index (χ2v) is 4.83. The Labute approximate surface area is 98.3 Å². The fourth-order valence-electron chi connectivity index (χ4n) is 2.20. The molecule has 0 aromatic carbocycles. The van der Waals surface area contributed by atoms with Crippen molar-refractivity contribution in [2.75, 3.05) is 33.4 Å². The number of piperidine rings is 1. The van der Waals surface area contributed by atoms with Crippen LogP contribution in [-0.2, 0) is 9.53 Å². The van der Waals surface area contributed by atoms with Crippen LogP contribution in [0.3, 0.4) is 0 Å². The van der Waals surface area contributed by atoms with Crippen molar-refractivity contribution in [2.24, 2.45) is 5.92 Å². The quantitative estimate of drug-likeness (QED) is 0.759. The number of carbonyl (C=O) groups is 1. The summed E-state index contributed by atoms with van der Waals surface area (Å²) < 4.78 is 4.77. The maximum absolute atomic E-state index is 11.2. The summed E-state index contributed by atoms with van der Waals surface area (Å²) in [6, 6.07) is 0.420. The maximum Gasteiger partial charge on any atom is 0.246 e. The number of hydrogen-bond donors (Lipinski definition) is 1. The first kappa shape index (κ1) is 13.5. The lowest BCUT2D eigenvalue weighted by Crippen LogP contribution is -2.46. The van der Waals surface area contributed by atoms with Crippen molar-refractivity contribution in [3.63, 3.8) is 0 Å². The summed E-state index contributed by atoms with van der Waals surface area (Å²) in [5.74, 6) is 0.755. The van der Waals surface area contributed by atoms with E-state index in [1.807, 2.05) is 0 Å². The Morgan fingerprint density at radius 2 is 2.38 bits per heavy atom. The summed E-state index contributed by atoms with van der Waals surface area (Å²) in [6.45, 7) is 7.65. The van der Waals surface area contributed by atoms with Crippen LogP contribution in [0.5, 0.6) is 0 Å². The number of likely N-dealkylation sites (tertiary alicyclic amines) is 1. The average molecular weight is 228 g/mol. The number of hydrogen-bond acceptors (Lipinski definition) is 3. The molecular weight excluding hydrogens is 204 g/mol. The number of carbonyl (C=O) groups excluding carboxylic acids is 1. The number of nitrogens with zero attached hydrogens (tertiary/aromatic N) is 1. The van der Waals surface area contributed by atoms with Gasteiger partial charge < -0.3 is 10.1 Å². The zero-order chi connectivity index (χ0) is 12.0. The third-order valence-corrected chi connectivity index (χ3v) is 3.18. The van der Waals surface area contributed by atoms with Gasteiger partial charge in [-0.25, -0.2) is 0 Å². The average Bonchev–Trinajstić information content (AvgIpc) is 2.26. The first-order chi connectivity index (χ1) is 7.63. The molecule has 94 valence electrons. The molecule has 0 bridgehead atoms. The van der Waals surface area contributed by atoms with E-state index in [0.29, 0.717) is 6.04 Å². The van der Waals surface area contributed by atoms with Gasteiger partial charge in [0.05, 0.1) is 0 Å². The largest absolute Gasteiger partial charge is 0.375 e. The lowest BCUT2D eigenvalue weighted by Gasteiger charge is -2.35. The van der Waals surface area contributed by atoms with Crippen molar-refractivity contribution in [2.45, 2.75) is 32.7 Å². The number of amides is 1. The Morgan fingerprint density at radius 3 is 3.00 bits per heavy atom. The fourth-order valence-corrected chi connectivity index (χ4v) is 2.20. The van der Waals surface area contributed by atoms with Crippen LogP contribution in [-0.4, -0.2) is 50.2 Å². The second-order valence-electron chi connectivity index (χ2n) is 4.83. The Balaban J connectivity index is 2.23. The van der Waals surface area contributed by atoms with Crippen molar-refractivity contribution >= 4 is 5.91 Å². The van der Waals surface area contributed by atoms with Crippen LogP contribution in [0, 0.1) is 5.92 Å². The third kappa shape index (κ3) is 4.49. The molecule has 1 N–H and O–H groups in total. The third-order valence-electron chi connectivity index (χ3n) is 3.18. The van der Waals surface area contributed by atoms with E-state index < -0.39 is 0 Å². The number of nitrogens with one attached hydrogen (secondary N) is 1. The molecule has 2 atom stereocenters. The van der Waals surface area contributed by atoms with E-state index >= 15 is 0 Å². The Morgan fingerprint density at radius 1 is 1.62 bits per heavy atom. The Bertz CT molecular complexity index is 221. The minimum Gasteiger partial charge on any atom is -0.375 e. The zero-order valence-electron chi connectivity index (χ0n) is 10.7. The molecular formula is C12H24N2O2. The molecule has 1 aliphatic rings. The molecule has 1 fully saturated rings. The van der Waals surface area contributed by atoms with Gasteiger partial charge >= 0.3 is 0 Å². The van der Waals surface area contributed by atoms with E-state index in [1.165, 1.54) is 20.0 Å². The van der Waals surface area contributed by atoms with E-state index in [9.17, 15) is 4.79 Å². The molecule has 1 aliphatic heterocycles. The highest BCUT2D eigenvalue weighted by Gasteiger charge is 2.20. The van der Waals surface area contributed by atoms with Crippen LogP contribution in [0.1, 0.15) is 26.7 Å². The molecule has 4 nitrogen and oxygen atoms in total. The monoisotopic (exact) mass is 228 g/mol. The minimum absolute atomic E-state index is 0.0283. The second kappa shape index (κ2) is 6.86. The summed E-state index contributed by atoms with van der Waals surface area (Å²) in [7, 11) is 1.54. The van der Waals surface area contributed by atoms with Gasteiger partial charge in [-0.15, -0.1) is 0 Å². The fraction of sp³-hybridized carbons (Fsp3) is 0.917. The van der Waals surface area contributed by atoms with E-state index in [1.54, 1.807) is 0 Å². The SMILES string of the molecule is COCC(=O)NC[C@H](C)N1CCC[C@H](C)C1. The molecule has 0 spiro atoms. The normalized spacial score (nSPS) is 24.1. The summed E-state index contributed by atoms with van der Waals surface area (Å²) in [4.78, 5) is 13.7.